The number of imide groups is 1. The van der Waals surface area contributed by atoms with Crippen LogP contribution in [0.2, 0.25) is 0 Å². The summed E-state index contributed by atoms with van der Waals surface area (Å²) in [5.74, 6) is -0.234. The van der Waals surface area contributed by atoms with Gasteiger partial charge in [0.2, 0.25) is 5.91 Å². The molecular formula is C17H22N4O3S. The summed E-state index contributed by atoms with van der Waals surface area (Å²) in [6.07, 6.45) is 7.33. The molecule has 1 spiro atoms. The van der Waals surface area contributed by atoms with Crippen molar-refractivity contribution in [1.29, 1.82) is 0 Å². The number of carbonyl (C=O) groups is 3. The Morgan fingerprint density at radius 2 is 2.04 bits per heavy atom. The number of anilines is 1. The van der Waals surface area contributed by atoms with Crippen LogP contribution < -0.4 is 10.6 Å². The molecule has 3 aliphatic rings. The minimum Gasteiger partial charge on any atom is -0.323 e. The number of urea groups is 1. The summed E-state index contributed by atoms with van der Waals surface area (Å²) in [4.78, 5) is 43.7. The van der Waals surface area contributed by atoms with Gasteiger partial charge in [-0.1, -0.05) is 12.8 Å². The van der Waals surface area contributed by atoms with E-state index in [2.05, 4.69) is 15.6 Å². The lowest BCUT2D eigenvalue weighted by Crippen LogP contribution is -2.44. The first-order valence-electron chi connectivity index (χ1n) is 9.00. The fraction of sp³-hybridized carbons (Fsp3) is 0.647. The quantitative estimate of drug-likeness (QED) is 0.786. The van der Waals surface area contributed by atoms with E-state index in [1.807, 2.05) is 0 Å². The number of aromatic nitrogens is 1. The molecule has 1 aliphatic heterocycles. The maximum Gasteiger partial charge on any atom is 0.325 e. The van der Waals surface area contributed by atoms with Crippen LogP contribution in [0.5, 0.6) is 0 Å². The van der Waals surface area contributed by atoms with Crippen LogP contribution in [0, 0.1) is 0 Å². The Morgan fingerprint density at radius 1 is 1.24 bits per heavy atom. The van der Waals surface area contributed by atoms with E-state index < -0.39 is 5.54 Å². The minimum atomic E-state index is -0.666. The molecule has 134 valence electrons. The highest BCUT2D eigenvalue weighted by atomic mass is 32.1. The van der Waals surface area contributed by atoms with Crippen LogP contribution in [0.25, 0.3) is 0 Å². The summed E-state index contributed by atoms with van der Waals surface area (Å²) >= 11 is 1.55. The first-order chi connectivity index (χ1) is 12.1. The van der Waals surface area contributed by atoms with E-state index in [0.717, 1.165) is 50.6 Å². The molecule has 0 radical (unpaired) electrons. The van der Waals surface area contributed by atoms with Crippen molar-refractivity contribution in [2.45, 2.75) is 63.3 Å². The third-order valence-electron chi connectivity index (χ3n) is 5.33. The Morgan fingerprint density at radius 3 is 2.80 bits per heavy atom. The van der Waals surface area contributed by atoms with Crippen molar-refractivity contribution >= 4 is 34.3 Å². The van der Waals surface area contributed by atoms with Gasteiger partial charge in [-0.15, -0.1) is 11.3 Å². The third-order valence-corrected chi connectivity index (χ3v) is 6.40. The molecule has 0 unspecified atom stereocenters. The van der Waals surface area contributed by atoms with Crippen LogP contribution >= 0.6 is 11.3 Å². The van der Waals surface area contributed by atoms with Crippen LogP contribution in [0.15, 0.2) is 0 Å². The summed E-state index contributed by atoms with van der Waals surface area (Å²) in [6, 6.07) is -0.316. The number of thiazole rings is 1. The first-order valence-corrected chi connectivity index (χ1v) is 9.82. The Hall–Kier alpha value is -1.96. The standard InChI is InChI=1S/C17H22N4O3S/c22-13(19-15-18-11-5-3-6-12(11)25-15)7-4-10-21-14(23)17(20-16(21)24)8-1-2-9-17/h1-10H2,(H,20,24)(H,18,19,22). The molecule has 4 amide bonds. The van der Waals surface area contributed by atoms with Crippen molar-refractivity contribution in [3.63, 3.8) is 0 Å². The molecule has 2 heterocycles. The van der Waals surface area contributed by atoms with E-state index >= 15 is 0 Å². The van der Waals surface area contributed by atoms with Gasteiger partial charge in [-0.25, -0.2) is 9.78 Å². The number of nitrogens with one attached hydrogen (secondary N) is 2. The van der Waals surface area contributed by atoms with Gasteiger partial charge in [0.25, 0.3) is 5.91 Å². The molecule has 8 heteroatoms. The SMILES string of the molecule is O=C(CCCN1C(=O)NC2(CCCC2)C1=O)Nc1nc2c(s1)CCC2. The van der Waals surface area contributed by atoms with Crippen molar-refractivity contribution in [2.24, 2.45) is 0 Å². The lowest BCUT2D eigenvalue weighted by Gasteiger charge is -2.19. The van der Waals surface area contributed by atoms with Crippen molar-refractivity contribution in [3.8, 4) is 0 Å². The predicted molar refractivity (Wildman–Crippen MR) is 93.4 cm³/mol. The number of hydrogen-bond acceptors (Lipinski definition) is 5. The highest BCUT2D eigenvalue weighted by Gasteiger charge is 2.52. The molecule has 2 N–H and O–H groups in total. The molecule has 0 atom stereocenters. The summed E-state index contributed by atoms with van der Waals surface area (Å²) in [5.41, 5.74) is 0.447. The van der Waals surface area contributed by atoms with E-state index in [4.69, 9.17) is 0 Å². The predicted octanol–water partition coefficient (Wildman–Crippen LogP) is 2.22. The van der Waals surface area contributed by atoms with Gasteiger partial charge in [0.1, 0.15) is 5.54 Å². The van der Waals surface area contributed by atoms with Gasteiger partial charge in [-0.3, -0.25) is 14.5 Å². The van der Waals surface area contributed by atoms with Gasteiger partial charge in [-0.2, -0.15) is 0 Å². The van der Waals surface area contributed by atoms with Crippen LogP contribution in [-0.4, -0.2) is 39.8 Å². The minimum absolute atomic E-state index is 0.116. The van der Waals surface area contributed by atoms with Gasteiger partial charge in [0, 0.05) is 17.8 Å². The highest BCUT2D eigenvalue weighted by Crippen LogP contribution is 2.35. The first kappa shape index (κ1) is 16.5. The third kappa shape index (κ3) is 3.03. The zero-order valence-corrected chi connectivity index (χ0v) is 14.9. The maximum absolute atomic E-state index is 12.5. The zero-order valence-electron chi connectivity index (χ0n) is 14.1. The van der Waals surface area contributed by atoms with Crippen LogP contribution in [0.1, 0.15) is 55.5 Å². The maximum atomic E-state index is 12.5. The Kier molecular flexibility index (Phi) is 4.23. The molecule has 1 aromatic rings. The second-order valence-corrected chi connectivity index (χ2v) is 8.15. The van der Waals surface area contributed by atoms with E-state index in [9.17, 15) is 14.4 Å². The van der Waals surface area contributed by atoms with Crippen molar-refractivity contribution in [3.05, 3.63) is 10.6 Å². The van der Waals surface area contributed by atoms with Gasteiger partial charge in [-0.05, 0) is 38.5 Å². The summed E-state index contributed by atoms with van der Waals surface area (Å²) in [7, 11) is 0. The summed E-state index contributed by atoms with van der Waals surface area (Å²) in [6.45, 7) is 0.286. The van der Waals surface area contributed by atoms with Crippen molar-refractivity contribution in [1.82, 2.24) is 15.2 Å². The van der Waals surface area contributed by atoms with Crippen LogP contribution in [-0.2, 0) is 22.4 Å². The molecular weight excluding hydrogens is 340 g/mol. The molecule has 1 saturated heterocycles. The number of nitrogens with zero attached hydrogens (tertiary/aromatic N) is 2. The summed E-state index contributed by atoms with van der Waals surface area (Å²) < 4.78 is 0. The molecule has 25 heavy (non-hydrogen) atoms. The lowest BCUT2D eigenvalue weighted by atomic mass is 9.98. The number of amides is 4. The van der Waals surface area contributed by atoms with Gasteiger partial charge in [0.05, 0.1) is 5.69 Å². The molecule has 7 nitrogen and oxygen atoms in total. The number of fused-ring (bicyclic) bond motifs is 1. The molecule has 0 bridgehead atoms. The molecule has 1 aromatic heterocycles. The van der Waals surface area contributed by atoms with E-state index in [-0.39, 0.29) is 30.8 Å². The Bertz CT molecular complexity index is 702. The fourth-order valence-corrected chi connectivity index (χ4v) is 5.09. The summed E-state index contributed by atoms with van der Waals surface area (Å²) in [5, 5.41) is 6.35. The Balaban J connectivity index is 1.26. The van der Waals surface area contributed by atoms with Gasteiger partial charge >= 0.3 is 6.03 Å². The normalized spacial score (nSPS) is 21.0. The fourth-order valence-electron chi connectivity index (χ4n) is 4.02. The monoisotopic (exact) mass is 362 g/mol. The average Bonchev–Trinajstić information content (AvgIpc) is 3.30. The lowest BCUT2D eigenvalue weighted by molar-refractivity contribution is -0.131. The number of hydrogen-bond donors (Lipinski definition) is 2. The smallest absolute Gasteiger partial charge is 0.323 e. The number of aryl methyl sites for hydroxylation is 2. The van der Waals surface area contributed by atoms with E-state index in [1.54, 1.807) is 11.3 Å². The number of carbonyl (C=O) groups excluding carboxylic acids is 3. The second kappa shape index (κ2) is 6.40. The topological polar surface area (TPSA) is 91.4 Å². The average molecular weight is 362 g/mol. The van der Waals surface area contributed by atoms with Gasteiger partial charge in [0.15, 0.2) is 5.13 Å². The zero-order chi connectivity index (χ0) is 17.4. The second-order valence-electron chi connectivity index (χ2n) is 7.07. The van der Waals surface area contributed by atoms with E-state index in [0.29, 0.717) is 11.6 Å². The molecule has 1 saturated carbocycles. The van der Waals surface area contributed by atoms with Crippen LogP contribution in [0.3, 0.4) is 0 Å². The van der Waals surface area contributed by atoms with Gasteiger partial charge < -0.3 is 10.6 Å². The van der Waals surface area contributed by atoms with Crippen molar-refractivity contribution in [2.75, 3.05) is 11.9 Å². The molecule has 2 aliphatic carbocycles. The highest BCUT2D eigenvalue weighted by molar-refractivity contribution is 7.15. The molecule has 0 aromatic carbocycles. The van der Waals surface area contributed by atoms with Crippen LogP contribution in [0.4, 0.5) is 9.93 Å². The molecule has 2 fully saturated rings. The largest absolute Gasteiger partial charge is 0.325 e. The number of rotatable bonds is 5. The van der Waals surface area contributed by atoms with E-state index in [1.165, 1.54) is 9.78 Å². The Labute approximate surface area is 150 Å². The molecule has 4 rings (SSSR count). The van der Waals surface area contributed by atoms with Crippen molar-refractivity contribution < 1.29 is 14.4 Å².